The number of allylic oxidation sites excluding steroid dienone is 1. The van der Waals surface area contributed by atoms with Crippen molar-refractivity contribution in [3.05, 3.63) is 29.9 Å². The largest absolute Gasteiger partial charge is 0.461 e. The quantitative estimate of drug-likeness (QED) is 0.134. The lowest BCUT2D eigenvalue weighted by molar-refractivity contribution is -0.159. The molecule has 276 valence electrons. The Morgan fingerprint density at radius 1 is 1.04 bits per heavy atom. The van der Waals surface area contributed by atoms with Crippen LogP contribution in [0.25, 0.3) is 0 Å². The number of nitrogens with one attached hydrogen (secondary N) is 2. The number of carbonyl (C=O) groups excluding carboxylic acids is 2. The Bertz CT molecular complexity index is 1290. The number of rotatable bonds is 16. The number of ketones is 1. The second-order valence-electron chi connectivity index (χ2n) is 18.1. The van der Waals surface area contributed by atoms with Crippen LogP contribution >= 0.6 is 0 Å². The van der Waals surface area contributed by atoms with Crippen LogP contribution in [0.4, 0.5) is 0 Å². The van der Waals surface area contributed by atoms with Crippen molar-refractivity contribution >= 4 is 11.8 Å². The van der Waals surface area contributed by atoms with Crippen molar-refractivity contribution in [1.29, 1.82) is 0 Å². The highest BCUT2D eigenvalue weighted by atomic mass is 16.5. The van der Waals surface area contributed by atoms with Crippen molar-refractivity contribution in [3.63, 3.8) is 0 Å². The van der Waals surface area contributed by atoms with E-state index in [0.29, 0.717) is 18.3 Å². The minimum Gasteiger partial charge on any atom is -0.461 e. The first-order chi connectivity index (χ1) is 23.3. The maximum absolute atomic E-state index is 14.0. The van der Waals surface area contributed by atoms with Gasteiger partial charge in [0.15, 0.2) is 5.78 Å². The van der Waals surface area contributed by atoms with Gasteiger partial charge in [0, 0.05) is 30.7 Å². The maximum atomic E-state index is 14.0. The van der Waals surface area contributed by atoms with Crippen LogP contribution < -0.4 is 5.32 Å². The highest BCUT2D eigenvalue weighted by Gasteiger charge is 2.59. The second-order valence-corrected chi connectivity index (χ2v) is 18.1. The minimum absolute atomic E-state index is 0.0403. The first-order valence-electron chi connectivity index (χ1n) is 20.5. The molecule has 3 saturated carbocycles. The molecule has 6 nitrogen and oxygen atoms in total. The van der Waals surface area contributed by atoms with Crippen LogP contribution in [0.2, 0.25) is 0 Å². The lowest BCUT2D eigenvalue weighted by Crippen LogP contribution is -2.58. The zero-order valence-electron chi connectivity index (χ0n) is 32.7. The van der Waals surface area contributed by atoms with Gasteiger partial charge in [-0.15, -0.1) is 0 Å². The molecule has 1 heterocycles. The molecule has 0 spiro atoms. The van der Waals surface area contributed by atoms with Crippen LogP contribution in [-0.4, -0.2) is 39.4 Å². The Balaban J connectivity index is 1.24. The summed E-state index contributed by atoms with van der Waals surface area (Å²) in [5.74, 6) is 4.82. The zero-order chi connectivity index (χ0) is 35.6. The lowest BCUT2D eigenvalue weighted by Gasteiger charge is -2.58. The molecule has 4 aliphatic carbocycles. The fourth-order valence-corrected chi connectivity index (χ4v) is 11.5. The normalized spacial score (nSPS) is 33.6. The molecule has 1 aromatic heterocycles. The molecule has 10 atom stereocenters. The molecule has 5 rings (SSSR count). The first-order valence-corrected chi connectivity index (χ1v) is 20.5. The van der Waals surface area contributed by atoms with E-state index in [1.54, 1.807) is 18.1 Å². The van der Waals surface area contributed by atoms with Gasteiger partial charge in [-0.05, 0) is 117 Å². The summed E-state index contributed by atoms with van der Waals surface area (Å²) < 4.78 is 6.41. The highest BCUT2D eigenvalue weighted by molar-refractivity contribution is 5.88. The van der Waals surface area contributed by atoms with Gasteiger partial charge >= 0.3 is 5.97 Å². The van der Waals surface area contributed by atoms with E-state index < -0.39 is 11.6 Å². The molecule has 1 aromatic rings. The number of fused-ring (bicyclic) bond motifs is 5. The van der Waals surface area contributed by atoms with E-state index in [-0.39, 0.29) is 29.2 Å². The molecule has 3 fully saturated rings. The first kappa shape index (κ1) is 38.3. The Labute approximate surface area is 299 Å². The molecule has 6 heteroatoms. The molecule has 2 N–H and O–H groups in total. The Morgan fingerprint density at radius 2 is 1.80 bits per heavy atom. The van der Waals surface area contributed by atoms with Crippen LogP contribution in [0, 0.1) is 52.3 Å². The zero-order valence-corrected chi connectivity index (χ0v) is 32.7. The summed E-state index contributed by atoms with van der Waals surface area (Å²) in [6.07, 6.45) is 22.3. The van der Waals surface area contributed by atoms with E-state index in [9.17, 15) is 9.59 Å². The smallest absolute Gasteiger partial charge is 0.326 e. The van der Waals surface area contributed by atoms with Gasteiger partial charge in [0.25, 0.3) is 0 Å². The summed E-state index contributed by atoms with van der Waals surface area (Å²) in [6.45, 7) is 20.6. The van der Waals surface area contributed by atoms with Crippen molar-refractivity contribution in [3.8, 4) is 0 Å². The van der Waals surface area contributed by atoms with Gasteiger partial charge < -0.3 is 9.72 Å². The second kappa shape index (κ2) is 15.7. The van der Waals surface area contributed by atoms with Gasteiger partial charge in [-0.2, -0.15) is 0 Å². The van der Waals surface area contributed by atoms with Crippen molar-refractivity contribution in [1.82, 2.24) is 15.3 Å². The van der Waals surface area contributed by atoms with E-state index in [4.69, 9.17) is 4.74 Å². The number of hydrogen-bond donors (Lipinski definition) is 2. The van der Waals surface area contributed by atoms with Crippen molar-refractivity contribution < 1.29 is 14.3 Å². The molecule has 0 aliphatic heterocycles. The number of imidazole rings is 1. The van der Waals surface area contributed by atoms with Crippen molar-refractivity contribution in [2.75, 3.05) is 0 Å². The van der Waals surface area contributed by atoms with Crippen LogP contribution in [0.5, 0.6) is 0 Å². The molecule has 0 bridgehead atoms. The van der Waals surface area contributed by atoms with Crippen LogP contribution in [0.15, 0.2) is 24.2 Å². The predicted octanol–water partition coefficient (Wildman–Crippen LogP) is 10.0. The molecular weight excluding hydrogens is 606 g/mol. The summed E-state index contributed by atoms with van der Waals surface area (Å²) in [5.41, 5.74) is 2.21. The fraction of sp³-hybridized carbons (Fsp3) is 0.837. The summed E-state index contributed by atoms with van der Waals surface area (Å²) >= 11 is 0. The summed E-state index contributed by atoms with van der Waals surface area (Å²) in [7, 11) is 0. The molecule has 4 aliphatic rings. The Kier molecular flexibility index (Phi) is 12.3. The third kappa shape index (κ3) is 7.80. The average Bonchev–Trinajstić information content (AvgIpc) is 3.72. The van der Waals surface area contributed by atoms with E-state index in [1.165, 1.54) is 51.4 Å². The van der Waals surface area contributed by atoms with Gasteiger partial charge in [-0.25, -0.2) is 4.98 Å². The van der Waals surface area contributed by atoms with Gasteiger partial charge in [0.1, 0.15) is 11.6 Å². The molecular formula is C43H71N3O3. The summed E-state index contributed by atoms with van der Waals surface area (Å²) in [4.78, 5) is 35.0. The van der Waals surface area contributed by atoms with Crippen LogP contribution in [0.3, 0.4) is 0 Å². The van der Waals surface area contributed by atoms with Crippen LogP contribution in [-0.2, 0) is 20.7 Å². The number of Topliss-reactive ketones (excluding diaryl/α,β-unsaturated/α-hetero) is 1. The fourth-order valence-electron chi connectivity index (χ4n) is 11.5. The number of esters is 1. The number of aromatic amines is 1. The van der Waals surface area contributed by atoms with Gasteiger partial charge in [0.05, 0.1) is 12.4 Å². The predicted molar refractivity (Wildman–Crippen MR) is 200 cm³/mol. The van der Waals surface area contributed by atoms with E-state index >= 15 is 0 Å². The molecule has 0 radical (unpaired) electrons. The van der Waals surface area contributed by atoms with Gasteiger partial charge in [0.2, 0.25) is 0 Å². The molecule has 0 aromatic carbocycles. The van der Waals surface area contributed by atoms with Crippen molar-refractivity contribution in [2.45, 2.75) is 176 Å². The van der Waals surface area contributed by atoms with Gasteiger partial charge in [-0.3, -0.25) is 14.9 Å². The van der Waals surface area contributed by atoms with Crippen molar-refractivity contribution in [2.24, 2.45) is 52.3 Å². The maximum Gasteiger partial charge on any atom is 0.326 e. The number of carbonyl (C=O) groups is 2. The number of ether oxygens (including phenoxy) is 1. The number of aromatic nitrogens is 2. The standard InChI is InChI=1S/C43H71N3O3/c1-10-30(11-2)39(47)38(25-32-26-44-27-45-32)46-43(9,12-3)40(48)49-33-20-22-41(7)31(24-33)16-17-34-36-19-18-35(29(6)15-13-14-28(4)5)42(36,8)23-21-37(34)41/h16,26-30,33-38,46H,10-15,17-25H2,1-9H3,(H,44,45)/t29-,33+,34?,35-,36+,37+,38+,41+,42-,43?/m1/s1. The lowest BCUT2D eigenvalue weighted by atomic mass is 9.47. The van der Waals surface area contributed by atoms with Crippen LogP contribution in [0.1, 0.15) is 158 Å². The summed E-state index contributed by atoms with van der Waals surface area (Å²) in [5, 5.41) is 3.52. The summed E-state index contributed by atoms with van der Waals surface area (Å²) in [6, 6.07) is -0.481. The van der Waals surface area contributed by atoms with E-state index in [0.717, 1.165) is 73.3 Å². The van der Waals surface area contributed by atoms with E-state index in [2.05, 4.69) is 69.8 Å². The third-order valence-electron chi connectivity index (χ3n) is 14.9. The van der Waals surface area contributed by atoms with E-state index in [1.807, 2.05) is 13.8 Å². The monoisotopic (exact) mass is 678 g/mol. The third-order valence-corrected chi connectivity index (χ3v) is 14.9. The number of H-pyrrole nitrogens is 1. The number of hydrogen-bond acceptors (Lipinski definition) is 5. The Hall–Kier alpha value is -1.95. The van der Waals surface area contributed by atoms with Gasteiger partial charge in [-0.1, -0.05) is 86.3 Å². The molecule has 0 saturated heterocycles. The average molecular weight is 678 g/mol. The molecule has 2 unspecified atom stereocenters. The number of nitrogens with zero attached hydrogens (tertiary/aromatic N) is 1. The topological polar surface area (TPSA) is 84.1 Å². The highest BCUT2D eigenvalue weighted by Crippen LogP contribution is 2.67. The Morgan fingerprint density at radius 3 is 2.45 bits per heavy atom. The molecule has 49 heavy (non-hydrogen) atoms. The SMILES string of the molecule is CCC(CC)C(=O)[C@H](Cc1cnc[nH]1)NC(C)(CC)C(=O)O[C@H]1CC[C@@]2(C)C(=CCC3[C@@H]4CC[C@H]([C@H](C)CCCC(C)C)[C@@]4(C)CC[C@@H]32)C1. The molecule has 0 amide bonds. The minimum atomic E-state index is -0.946.